The monoisotopic (exact) mass is 410 g/mol. The second kappa shape index (κ2) is 9.20. The average Bonchev–Trinajstić information content (AvgIpc) is 2.73. The predicted molar refractivity (Wildman–Crippen MR) is 117 cm³/mol. The Morgan fingerprint density at radius 2 is 1.55 bits per heavy atom. The van der Waals surface area contributed by atoms with Gasteiger partial charge in [-0.15, -0.1) is 0 Å². The van der Waals surface area contributed by atoms with Crippen LogP contribution in [0, 0.1) is 0 Å². The van der Waals surface area contributed by atoms with Crippen LogP contribution in [0.4, 0.5) is 5.69 Å². The van der Waals surface area contributed by atoms with Gasteiger partial charge in [-0.3, -0.25) is 4.79 Å². The number of hydrogen-bond acceptors (Lipinski definition) is 3. The Morgan fingerprint density at radius 1 is 0.897 bits per heavy atom. The number of benzene rings is 3. The maximum Gasteiger partial charge on any atom is 0.243 e. The number of anilines is 1. The molecule has 0 radical (unpaired) electrons. The molecule has 0 unspecified atom stereocenters. The molecular weight excluding hydrogens is 384 g/mol. The molecule has 0 bridgehead atoms. The van der Waals surface area contributed by atoms with E-state index in [-0.39, 0.29) is 10.8 Å². The summed E-state index contributed by atoms with van der Waals surface area (Å²) in [5, 5.41) is 5.07. The standard InChI is InChI=1S/C23H26N2O3S/c1-3-25(4-2)29(27,28)20-15-12-18(13-16-20)14-17-23(26)24-22-11-7-9-19-8-5-6-10-21(19)22/h5-13,15-16H,3-4,14,17H2,1-2H3,(H,24,26). The summed E-state index contributed by atoms with van der Waals surface area (Å²) in [6.07, 6.45) is 0.869. The average molecular weight is 411 g/mol. The van der Waals surface area contributed by atoms with Gasteiger partial charge in [0.05, 0.1) is 4.90 Å². The molecular formula is C23H26N2O3S. The largest absolute Gasteiger partial charge is 0.326 e. The first kappa shape index (κ1) is 21.0. The molecule has 0 aliphatic heterocycles. The topological polar surface area (TPSA) is 66.5 Å². The van der Waals surface area contributed by atoms with Crippen LogP contribution >= 0.6 is 0 Å². The Bertz CT molecular complexity index is 1080. The molecule has 152 valence electrons. The molecule has 0 spiro atoms. The minimum Gasteiger partial charge on any atom is -0.326 e. The summed E-state index contributed by atoms with van der Waals surface area (Å²) in [6, 6.07) is 20.5. The van der Waals surface area contributed by atoms with Gasteiger partial charge in [-0.2, -0.15) is 4.31 Å². The molecule has 0 fully saturated rings. The van der Waals surface area contributed by atoms with E-state index in [4.69, 9.17) is 0 Å². The van der Waals surface area contributed by atoms with Crippen LogP contribution in [0.2, 0.25) is 0 Å². The van der Waals surface area contributed by atoms with Gasteiger partial charge in [-0.05, 0) is 35.6 Å². The van der Waals surface area contributed by atoms with Crippen LogP contribution < -0.4 is 5.32 Å². The fourth-order valence-corrected chi connectivity index (χ4v) is 4.80. The molecule has 29 heavy (non-hydrogen) atoms. The third kappa shape index (κ3) is 4.83. The van der Waals surface area contributed by atoms with Crippen molar-refractivity contribution in [3.63, 3.8) is 0 Å². The molecule has 0 heterocycles. The van der Waals surface area contributed by atoms with Gasteiger partial charge in [-0.25, -0.2) is 8.42 Å². The van der Waals surface area contributed by atoms with Gasteiger partial charge >= 0.3 is 0 Å². The summed E-state index contributed by atoms with van der Waals surface area (Å²) < 4.78 is 26.5. The maximum atomic E-state index is 12.5. The molecule has 6 heteroatoms. The molecule has 1 amide bonds. The Hall–Kier alpha value is -2.70. The number of aryl methyl sites for hydroxylation is 1. The minimum absolute atomic E-state index is 0.0683. The lowest BCUT2D eigenvalue weighted by atomic mass is 10.1. The van der Waals surface area contributed by atoms with E-state index in [1.807, 2.05) is 56.3 Å². The van der Waals surface area contributed by atoms with Gasteiger partial charge in [0.1, 0.15) is 0 Å². The fourth-order valence-electron chi connectivity index (χ4n) is 3.35. The van der Waals surface area contributed by atoms with Crippen molar-refractivity contribution in [2.75, 3.05) is 18.4 Å². The van der Waals surface area contributed by atoms with Crippen molar-refractivity contribution in [2.45, 2.75) is 31.6 Å². The van der Waals surface area contributed by atoms with Crippen molar-refractivity contribution >= 4 is 32.4 Å². The summed E-state index contributed by atoms with van der Waals surface area (Å²) in [5.74, 6) is -0.0683. The molecule has 0 atom stereocenters. The van der Waals surface area contributed by atoms with Crippen molar-refractivity contribution < 1.29 is 13.2 Å². The Balaban J connectivity index is 1.63. The summed E-state index contributed by atoms with van der Waals surface area (Å²) in [6.45, 7) is 4.53. The zero-order chi connectivity index (χ0) is 20.9. The fraction of sp³-hybridized carbons (Fsp3) is 0.261. The second-order valence-electron chi connectivity index (χ2n) is 6.81. The van der Waals surface area contributed by atoms with E-state index in [2.05, 4.69) is 5.32 Å². The molecule has 0 aromatic heterocycles. The molecule has 5 nitrogen and oxygen atoms in total. The lowest BCUT2D eigenvalue weighted by Crippen LogP contribution is -2.30. The molecule has 0 saturated heterocycles. The molecule has 1 N–H and O–H groups in total. The van der Waals surface area contributed by atoms with Gasteiger partial charge in [-0.1, -0.05) is 62.4 Å². The number of carbonyl (C=O) groups is 1. The van der Waals surface area contributed by atoms with Gasteiger partial charge in [0.15, 0.2) is 0 Å². The molecule has 0 aliphatic carbocycles. The number of nitrogens with one attached hydrogen (secondary N) is 1. The van der Waals surface area contributed by atoms with E-state index in [0.29, 0.717) is 25.9 Å². The van der Waals surface area contributed by atoms with E-state index >= 15 is 0 Å². The normalized spacial score (nSPS) is 11.7. The first-order valence-corrected chi connectivity index (χ1v) is 11.3. The highest BCUT2D eigenvalue weighted by Gasteiger charge is 2.21. The van der Waals surface area contributed by atoms with Crippen LogP contribution in [-0.2, 0) is 21.2 Å². The van der Waals surface area contributed by atoms with Crippen LogP contribution in [0.15, 0.2) is 71.6 Å². The molecule has 3 aromatic rings. The van der Waals surface area contributed by atoms with Gasteiger partial charge in [0, 0.05) is 30.6 Å². The van der Waals surface area contributed by atoms with E-state index in [0.717, 1.165) is 22.0 Å². The predicted octanol–water partition coefficient (Wildman–Crippen LogP) is 4.44. The van der Waals surface area contributed by atoms with E-state index in [9.17, 15) is 13.2 Å². The zero-order valence-corrected chi connectivity index (χ0v) is 17.6. The highest BCUT2D eigenvalue weighted by Crippen LogP contribution is 2.23. The van der Waals surface area contributed by atoms with Gasteiger partial charge < -0.3 is 5.32 Å². The first-order chi connectivity index (χ1) is 14.0. The summed E-state index contributed by atoms with van der Waals surface area (Å²) >= 11 is 0. The third-order valence-electron chi connectivity index (χ3n) is 4.97. The number of carbonyl (C=O) groups excluding carboxylic acids is 1. The summed E-state index contributed by atoms with van der Waals surface area (Å²) in [4.78, 5) is 12.7. The Kier molecular flexibility index (Phi) is 6.67. The van der Waals surface area contributed by atoms with Crippen molar-refractivity contribution in [1.29, 1.82) is 0 Å². The number of rotatable bonds is 8. The number of amides is 1. The smallest absolute Gasteiger partial charge is 0.243 e. The Morgan fingerprint density at radius 3 is 2.24 bits per heavy atom. The molecule has 3 rings (SSSR count). The summed E-state index contributed by atoms with van der Waals surface area (Å²) in [7, 11) is -3.46. The highest BCUT2D eigenvalue weighted by atomic mass is 32.2. The van der Waals surface area contributed by atoms with Crippen molar-refractivity contribution in [3.05, 3.63) is 72.3 Å². The van der Waals surface area contributed by atoms with Gasteiger partial charge in [0.25, 0.3) is 0 Å². The number of fused-ring (bicyclic) bond motifs is 1. The molecule has 3 aromatic carbocycles. The SMILES string of the molecule is CCN(CC)S(=O)(=O)c1ccc(CCC(=O)Nc2cccc3ccccc23)cc1. The number of hydrogen-bond donors (Lipinski definition) is 1. The molecule has 0 saturated carbocycles. The zero-order valence-electron chi connectivity index (χ0n) is 16.8. The maximum absolute atomic E-state index is 12.5. The van der Waals surface area contributed by atoms with Gasteiger partial charge in [0.2, 0.25) is 15.9 Å². The van der Waals surface area contributed by atoms with Crippen LogP contribution in [0.25, 0.3) is 10.8 Å². The second-order valence-corrected chi connectivity index (χ2v) is 8.75. The first-order valence-electron chi connectivity index (χ1n) is 9.82. The molecule has 0 aliphatic rings. The highest BCUT2D eigenvalue weighted by molar-refractivity contribution is 7.89. The van der Waals surface area contributed by atoms with Crippen molar-refractivity contribution in [3.8, 4) is 0 Å². The lowest BCUT2D eigenvalue weighted by molar-refractivity contribution is -0.116. The van der Waals surface area contributed by atoms with Crippen LogP contribution in [0.5, 0.6) is 0 Å². The van der Waals surface area contributed by atoms with Crippen LogP contribution in [0.1, 0.15) is 25.8 Å². The quantitative estimate of drug-likeness (QED) is 0.597. The third-order valence-corrected chi connectivity index (χ3v) is 7.04. The summed E-state index contributed by atoms with van der Waals surface area (Å²) in [5.41, 5.74) is 1.73. The lowest BCUT2D eigenvalue weighted by Gasteiger charge is -2.18. The van der Waals surface area contributed by atoms with Crippen LogP contribution in [-0.4, -0.2) is 31.7 Å². The number of nitrogens with zero attached hydrogens (tertiary/aromatic N) is 1. The minimum atomic E-state index is -3.46. The van der Waals surface area contributed by atoms with E-state index in [1.165, 1.54) is 4.31 Å². The van der Waals surface area contributed by atoms with Crippen molar-refractivity contribution in [2.24, 2.45) is 0 Å². The number of sulfonamides is 1. The van der Waals surface area contributed by atoms with E-state index < -0.39 is 10.0 Å². The van der Waals surface area contributed by atoms with E-state index in [1.54, 1.807) is 24.3 Å². The van der Waals surface area contributed by atoms with Crippen molar-refractivity contribution in [1.82, 2.24) is 4.31 Å². The van der Waals surface area contributed by atoms with Crippen LogP contribution in [0.3, 0.4) is 0 Å². The Labute approximate surface area is 172 Å².